The van der Waals surface area contributed by atoms with Crippen LogP contribution in [-0.4, -0.2) is 43.6 Å². The molecule has 1 aliphatic rings. The summed E-state index contributed by atoms with van der Waals surface area (Å²) in [7, 11) is -2.01. The number of fused-ring (bicyclic) bond motifs is 2. The number of hydrogen-bond acceptors (Lipinski definition) is 6. The molecule has 0 bridgehead atoms. The van der Waals surface area contributed by atoms with Gasteiger partial charge in [-0.05, 0) is 50.6 Å². The van der Waals surface area contributed by atoms with Crippen molar-refractivity contribution in [3.8, 4) is 0 Å². The van der Waals surface area contributed by atoms with E-state index in [-0.39, 0.29) is 16.8 Å². The number of para-hydroxylation sites is 1. The largest absolute Gasteiger partial charge is 0.466 e. The van der Waals surface area contributed by atoms with Crippen molar-refractivity contribution in [1.82, 2.24) is 9.55 Å². The van der Waals surface area contributed by atoms with E-state index in [0.717, 1.165) is 11.2 Å². The van der Waals surface area contributed by atoms with E-state index < -0.39 is 10.0 Å². The summed E-state index contributed by atoms with van der Waals surface area (Å²) < 4.78 is 37.1. The fraction of sp³-hybridized carbons (Fsp3) is 0.308. The van der Waals surface area contributed by atoms with Crippen molar-refractivity contribution < 1.29 is 17.9 Å². The zero-order chi connectivity index (χ0) is 24.7. The summed E-state index contributed by atoms with van der Waals surface area (Å²) in [5, 5.41) is 1.38. The third-order valence-electron chi connectivity index (χ3n) is 6.75. The average Bonchev–Trinajstić information content (AvgIpc) is 3.43. The predicted octanol–water partition coefficient (Wildman–Crippen LogP) is 4.23. The smallest absolute Gasteiger partial charge is 0.310 e. The van der Waals surface area contributed by atoms with Crippen LogP contribution >= 0.6 is 0 Å². The molecule has 0 aliphatic carbocycles. The quantitative estimate of drug-likeness (QED) is 0.405. The lowest BCUT2D eigenvalue weighted by Crippen LogP contribution is -2.24. The van der Waals surface area contributed by atoms with E-state index in [1.54, 1.807) is 18.3 Å². The van der Waals surface area contributed by atoms with Gasteiger partial charge in [0.05, 0.1) is 29.4 Å². The molecule has 0 saturated carbocycles. The maximum absolute atomic E-state index is 13.6. The van der Waals surface area contributed by atoms with Crippen molar-refractivity contribution in [1.29, 1.82) is 0 Å². The molecule has 35 heavy (non-hydrogen) atoms. The molecule has 1 aliphatic heterocycles. The van der Waals surface area contributed by atoms with Crippen molar-refractivity contribution in [3.05, 3.63) is 60.4 Å². The highest BCUT2D eigenvalue weighted by Gasteiger charge is 2.31. The van der Waals surface area contributed by atoms with Crippen LogP contribution in [0.15, 0.2) is 59.6 Å². The van der Waals surface area contributed by atoms with E-state index in [1.807, 2.05) is 61.9 Å². The van der Waals surface area contributed by atoms with Crippen LogP contribution in [-0.2, 0) is 26.6 Å². The number of anilines is 2. The summed E-state index contributed by atoms with van der Waals surface area (Å²) in [6.07, 6.45) is 2.40. The Balaban J connectivity index is 1.52. The Bertz CT molecular complexity index is 1540. The van der Waals surface area contributed by atoms with Crippen LogP contribution < -0.4 is 9.62 Å². The van der Waals surface area contributed by atoms with Crippen LogP contribution in [0, 0.1) is 12.8 Å². The number of hydrogen-bond donors (Lipinski definition) is 1. The molecule has 0 radical (unpaired) electrons. The maximum Gasteiger partial charge on any atom is 0.310 e. The number of aromatic nitrogens is 2. The molecule has 1 saturated heterocycles. The van der Waals surface area contributed by atoms with Crippen molar-refractivity contribution >= 4 is 49.2 Å². The summed E-state index contributed by atoms with van der Waals surface area (Å²) in [4.78, 5) is 19.2. The maximum atomic E-state index is 13.6. The summed E-state index contributed by atoms with van der Waals surface area (Å²) in [5.74, 6) is -0.358. The van der Waals surface area contributed by atoms with Crippen LogP contribution in [0.5, 0.6) is 0 Å². The zero-order valence-electron chi connectivity index (χ0n) is 20.0. The van der Waals surface area contributed by atoms with Gasteiger partial charge in [0.15, 0.2) is 0 Å². The zero-order valence-corrected chi connectivity index (χ0v) is 20.8. The second kappa shape index (κ2) is 8.88. The average molecular weight is 493 g/mol. The fourth-order valence-corrected chi connectivity index (χ4v) is 6.51. The SMILES string of the molecule is CCOC(=O)[C@@H]1CCN(c2ccc(NS(=O)(=O)c3c(C)n(C)c4ccccc34)c3cccnc23)C1. The first-order valence-corrected chi connectivity index (χ1v) is 13.2. The van der Waals surface area contributed by atoms with Gasteiger partial charge in [-0.15, -0.1) is 0 Å². The molecular weight excluding hydrogens is 464 g/mol. The lowest BCUT2D eigenvalue weighted by Gasteiger charge is -2.21. The Kier molecular flexibility index (Phi) is 5.88. The van der Waals surface area contributed by atoms with Gasteiger partial charge in [-0.25, -0.2) is 8.42 Å². The van der Waals surface area contributed by atoms with E-state index >= 15 is 0 Å². The highest BCUT2D eigenvalue weighted by atomic mass is 32.2. The molecule has 0 spiro atoms. The first-order chi connectivity index (χ1) is 16.8. The lowest BCUT2D eigenvalue weighted by atomic mass is 10.1. The van der Waals surface area contributed by atoms with E-state index in [1.165, 1.54) is 0 Å². The number of ether oxygens (including phenoxy) is 1. The summed E-state index contributed by atoms with van der Waals surface area (Å²) >= 11 is 0. The van der Waals surface area contributed by atoms with Crippen LogP contribution in [0.4, 0.5) is 11.4 Å². The van der Waals surface area contributed by atoms with Gasteiger partial charge in [0, 0.05) is 48.3 Å². The Hall–Kier alpha value is -3.59. The molecule has 4 aromatic rings. The highest BCUT2D eigenvalue weighted by Crippen LogP contribution is 2.36. The number of sulfonamides is 1. The number of carbonyl (C=O) groups is 1. The van der Waals surface area contributed by atoms with Gasteiger partial charge in [-0.1, -0.05) is 18.2 Å². The molecular formula is C26H28N4O4S. The monoisotopic (exact) mass is 492 g/mol. The van der Waals surface area contributed by atoms with Gasteiger partial charge in [0.2, 0.25) is 0 Å². The first kappa shape index (κ1) is 23.2. The second-order valence-electron chi connectivity index (χ2n) is 8.81. The minimum atomic E-state index is -3.87. The Morgan fingerprint density at radius 1 is 1.14 bits per heavy atom. The van der Waals surface area contributed by atoms with Crippen molar-refractivity contribution in [2.45, 2.75) is 25.2 Å². The molecule has 8 nitrogen and oxygen atoms in total. The number of aryl methyl sites for hydroxylation is 1. The Morgan fingerprint density at radius 2 is 1.91 bits per heavy atom. The van der Waals surface area contributed by atoms with Crippen molar-refractivity contribution in [2.24, 2.45) is 13.0 Å². The molecule has 5 rings (SSSR count). The molecule has 0 unspecified atom stereocenters. The van der Waals surface area contributed by atoms with E-state index in [4.69, 9.17) is 4.74 Å². The molecule has 3 heterocycles. The van der Waals surface area contributed by atoms with Crippen molar-refractivity contribution in [2.75, 3.05) is 29.3 Å². The molecule has 182 valence electrons. The van der Waals surface area contributed by atoms with Crippen LogP contribution in [0.1, 0.15) is 19.0 Å². The Labute approximate surface area is 204 Å². The van der Waals surface area contributed by atoms with Gasteiger partial charge in [0.1, 0.15) is 4.90 Å². The number of carbonyl (C=O) groups excluding carboxylic acids is 1. The molecule has 1 fully saturated rings. The van der Waals surface area contributed by atoms with E-state index in [2.05, 4.69) is 14.6 Å². The predicted molar refractivity (Wildman–Crippen MR) is 137 cm³/mol. The third kappa shape index (κ3) is 3.99. The normalized spacial score (nSPS) is 16.2. The number of esters is 1. The number of nitrogens with zero attached hydrogens (tertiary/aromatic N) is 3. The summed E-state index contributed by atoms with van der Waals surface area (Å²) in [6.45, 7) is 5.23. The summed E-state index contributed by atoms with van der Waals surface area (Å²) in [5.41, 5.74) is 3.55. The number of nitrogens with one attached hydrogen (secondary N) is 1. The molecule has 9 heteroatoms. The minimum Gasteiger partial charge on any atom is -0.466 e. The molecule has 0 amide bonds. The van der Waals surface area contributed by atoms with Gasteiger partial charge < -0.3 is 14.2 Å². The fourth-order valence-electron chi connectivity index (χ4n) is 4.95. The second-order valence-corrected chi connectivity index (χ2v) is 10.4. The highest BCUT2D eigenvalue weighted by molar-refractivity contribution is 7.93. The van der Waals surface area contributed by atoms with Crippen molar-refractivity contribution in [3.63, 3.8) is 0 Å². The standard InChI is InChI=1S/C26H28N4O4S/c1-4-34-26(31)18-13-15-30(16-18)23-12-11-21(19-9-7-14-27-24(19)23)28-35(32,33)25-17(2)29(3)22-10-6-5-8-20(22)25/h5-12,14,18,28H,4,13,15-16H2,1-3H3/t18-/m1/s1. The van der Waals surface area contributed by atoms with E-state index in [0.29, 0.717) is 53.8 Å². The van der Waals surface area contributed by atoms with Crippen LogP contribution in [0.3, 0.4) is 0 Å². The number of rotatable bonds is 6. The molecule has 2 aromatic carbocycles. The summed E-state index contributed by atoms with van der Waals surface area (Å²) in [6, 6.07) is 14.8. The number of benzene rings is 2. The Morgan fingerprint density at radius 3 is 2.71 bits per heavy atom. The van der Waals surface area contributed by atoms with Crippen LogP contribution in [0.25, 0.3) is 21.8 Å². The number of pyridine rings is 1. The van der Waals surface area contributed by atoms with E-state index in [9.17, 15) is 13.2 Å². The lowest BCUT2D eigenvalue weighted by molar-refractivity contribution is -0.147. The van der Waals surface area contributed by atoms with Gasteiger partial charge in [-0.2, -0.15) is 0 Å². The molecule has 1 atom stereocenters. The molecule has 1 N–H and O–H groups in total. The van der Waals surface area contributed by atoms with Crippen LogP contribution in [0.2, 0.25) is 0 Å². The minimum absolute atomic E-state index is 0.179. The molecule has 2 aromatic heterocycles. The van der Waals surface area contributed by atoms with Gasteiger partial charge >= 0.3 is 5.97 Å². The third-order valence-corrected chi connectivity index (χ3v) is 8.29. The topological polar surface area (TPSA) is 93.5 Å². The first-order valence-electron chi connectivity index (χ1n) is 11.7. The van der Waals surface area contributed by atoms with Gasteiger partial charge in [0.25, 0.3) is 10.0 Å². The van der Waals surface area contributed by atoms with Gasteiger partial charge in [-0.3, -0.25) is 14.5 Å².